The number of benzene rings is 1. The van der Waals surface area contributed by atoms with Crippen molar-refractivity contribution in [3.8, 4) is 11.5 Å². The topological polar surface area (TPSA) is 29.5 Å². The first-order chi connectivity index (χ1) is 8.55. The number of phenols is 1. The monoisotopic (exact) mass is 244 g/mol. The summed E-state index contributed by atoms with van der Waals surface area (Å²) in [6, 6.07) is 5.52. The fourth-order valence-electron chi connectivity index (χ4n) is 3.18. The largest absolute Gasteiger partial charge is 0.508 e. The van der Waals surface area contributed by atoms with Gasteiger partial charge in [-0.2, -0.15) is 0 Å². The Hall–Kier alpha value is -1.44. The first-order valence-electron chi connectivity index (χ1n) is 6.78. The predicted molar refractivity (Wildman–Crippen MR) is 72.8 cm³/mol. The molecule has 2 nitrogen and oxygen atoms in total. The van der Waals surface area contributed by atoms with Crippen molar-refractivity contribution in [1.82, 2.24) is 0 Å². The van der Waals surface area contributed by atoms with E-state index in [-0.39, 0.29) is 11.4 Å². The molecule has 0 radical (unpaired) electrons. The molecule has 2 heteroatoms. The molecule has 2 aliphatic rings. The molecule has 1 aliphatic heterocycles. The summed E-state index contributed by atoms with van der Waals surface area (Å²) in [7, 11) is 0. The Morgan fingerprint density at radius 2 is 1.94 bits per heavy atom. The average Bonchev–Trinajstić information content (AvgIpc) is 2.40. The van der Waals surface area contributed by atoms with Crippen LogP contribution in [-0.2, 0) is 0 Å². The third kappa shape index (κ3) is 2.00. The van der Waals surface area contributed by atoms with Gasteiger partial charge < -0.3 is 9.84 Å². The van der Waals surface area contributed by atoms with Gasteiger partial charge in [-0.05, 0) is 57.2 Å². The molecule has 0 amide bonds. The van der Waals surface area contributed by atoms with Crippen molar-refractivity contribution in [1.29, 1.82) is 0 Å². The summed E-state index contributed by atoms with van der Waals surface area (Å²) < 4.78 is 6.12. The third-order valence-electron chi connectivity index (χ3n) is 3.90. The summed E-state index contributed by atoms with van der Waals surface area (Å²) in [6.45, 7) is 4.26. The summed E-state index contributed by atoms with van der Waals surface area (Å²) in [6.07, 6.45) is 5.90. The van der Waals surface area contributed by atoms with Crippen molar-refractivity contribution in [2.75, 3.05) is 0 Å². The molecular formula is C16H20O2. The molecule has 0 spiro atoms. The van der Waals surface area contributed by atoms with E-state index in [9.17, 15) is 5.11 Å². The summed E-state index contributed by atoms with van der Waals surface area (Å²) >= 11 is 0. The lowest BCUT2D eigenvalue weighted by Gasteiger charge is -2.26. The van der Waals surface area contributed by atoms with Gasteiger partial charge in [0, 0.05) is 18.1 Å². The van der Waals surface area contributed by atoms with Crippen molar-refractivity contribution in [3.63, 3.8) is 0 Å². The Kier molecular flexibility index (Phi) is 2.61. The lowest BCUT2D eigenvalue weighted by atomic mass is 9.83. The molecule has 0 atom stereocenters. The molecule has 0 saturated carbocycles. The normalized spacial score (nSPS) is 21.7. The maximum absolute atomic E-state index is 9.65. The van der Waals surface area contributed by atoms with Crippen molar-refractivity contribution in [3.05, 3.63) is 29.3 Å². The van der Waals surface area contributed by atoms with E-state index in [4.69, 9.17) is 4.74 Å². The van der Waals surface area contributed by atoms with Crippen LogP contribution in [0.4, 0.5) is 0 Å². The van der Waals surface area contributed by atoms with E-state index in [0.29, 0.717) is 0 Å². The quantitative estimate of drug-likeness (QED) is 0.738. The number of fused-ring (bicyclic) bond motifs is 2. The summed E-state index contributed by atoms with van der Waals surface area (Å²) in [5.41, 5.74) is 4.02. The SMILES string of the molecule is CC1(C)CC2=C(CCCC2)c2ccc(O)cc2O1. The van der Waals surface area contributed by atoms with Crippen LogP contribution in [0.1, 0.15) is 51.5 Å². The Morgan fingerprint density at radius 3 is 2.78 bits per heavy atom. The average molecular weight is 244 g/mol. The van der Waals surface area contributed by atoms with Gasteiger partial charge in [0.1, 0.15) is 17.1 Å². The number of phenolic OH excluding ortho intramolecular Hbond substituents is 1. The van der Waals surface area contributed by atoms with Crippen LogP contribution >= 0.6 is 0 Å². The molecule has 96 valence electrons. The van der Waals surface area contributed by atoms with E-state index < -0.39 is 0 Å². The minimum Gasteiger partial charge on any atom is -0.508 e. The Balaban J connectivity index is 2.17. The zero-order valence-electron chi connectivity index (χ0n) is 11.1. The molecule has 3 rings (SSSR count). The third-order valence-corrected chi connectivity index (χ3v) is 3.90. The molecule has 18 heavy (non-hydrogen) atoms. The van der Waals surface area contributed by atoms with E-state index in [1.165, 1.54) is 30.4 Å². The lowest BCUT2D eigenvalue weighted by Crippen LogP contribution is -2.28. The van der Waals surface area contributed by atoms with Gasteiger partial charge in [0.25, 0.3) is 0 Å². The van der Waals surface area contributed by atoms with Crippen molar-refractivity contribution in [2.24, 2.45) is 0 Å². The van der Waals surface area contributed by atoms with E-state index in [0.717, 1.165) is 18.6 Å². The van der Waals surface area contributed by atoms with Gasteiger partial charge in [-0.15, -0.1) is 0 Å². The van der Waals surface area contributed by atoms with Gasteiger partial charge in [0.15, 0.2) is 0 Å². The lowest BCUT2D eigenvalue weighted by molar-refractivity contribution is 0.110. The van der Waals surface area contributed by atoms with Gasteiger partial charge in [0.2, 0.25) is 0 Å². The Morgan fingerprint density at radius 1 is 1.17 bits per heavy atom. The van der Waals surface area contributed by atoms with Gasteiger partial charge in [-0.1, -0.05) is 5.57 Å². The number of hydrogen-bond acceptors (Lipinski definition) is 2. The highest BCUT2D eigenvalue weighted by Crippen LogP contribution is 2.45. The number of allylic oxidation sites excluding steroid dienone is 1. The number of aromatic hydroxyl groups is 1. The van der Waals surface area contributed by atoms with Crippen LogP contribution in [0.25, 0.3) is 5.57 Å². The zero-order valence-corrected chi connectivity index (χ0v) is 11.1. The van der Waals surface area contributed by atoms with Crippen LogP contribution in [0.2, 0.25) is 0 Å². The van der Waals surface area contributed by atoms with Crippen LogP contribution in [-0.4, -0.2) is 10.7 Å². The van der Waals surface area contributed by atoms with Crippen LogP contribution < -0.4 is 4.74 Å². The highest BCUT2D eigenvalue weighted by Gasteiger charge is 2.30. The number of ether oxygens (including phenoxy) is 1. The van der Waals surface area contributed by atoms with E-state index in [2.05, 4.69) is 13.8 Å². The van der Waals surface area contributed by atoms with Crippen molar-refractivity contribution in [2.45, 2.75) is 51.6 Å². The van der Waals surface area contributed by atoms with Gasteiger partial charge >= 0.3 is 0 Å². The molecule has 1 N–H and O–H groups in total. The molecule has 1 aromatic rings. The smallest absolute Gasteiger partial charge is 0.131 e. The summed E-state index contributed by atoms with van der Waals surface area (Å²) in [5, 5.41) is 9.65. The molecule has 0 aromatic heterocycles. The number of hydrogen-bond donors (Lipinski definition) is 1. The van der Waals surface area contributed by atoms with Gasteiger partial charge in [-0.25, -0.2) is 0 Å². The summed E-state index contributed by atoms with van der Waals surface area (Å²) in [5.74, 6) is 1.12. The second-order valence-electron chi connectivity index (χ2n) is 6.01. The Bertz CT molecular complexity index is 512. The van der Waals surface area contributed by atoms with E-state index in [1.807, 2.05) is 6.07 Å². The standard InChI is InChI=1S/C16H20O2/c1-16(2)10-11-5-3-4-6-13(11)14-8-7-12(17)9-15(14)18-16/h7-9,17H,3-6,10H2,1-2H3. The number of rotatable bonds is 0. The highest BCUT2D eigenvalue weighted by molar-refractivity contribution is 5.75. The maximum atomic E-state index is 9.65. The summed E-state index contributed by atoms with van der Waals surface area (Å²) in [4.78, 5) is 0. The predicted octanol–water partition coefficient (Wildman–Crippen LogP) is 4.28. The Labute approximate surface area is 108 Å². The highest BCUT2D eigenvalue weighted by atomic mass is 16.5. The van der Waals surface area contributed by atoms with Gasteiger partial charge in [-0.3, -0.25) is 0 Å². The van der Waals surface area contributed by atoms with E-state index >= 15 is 0 Å². The van der Waals surface area contributed by atoms with E-state index in [1.54, 1.807) is 17.7 Å². The fourth-order valence-corrected chi connectivity index (χ4v) is 3.18. The fraction of sp³-hybridized carbons (Fsp3) is 0.500. The molecule has 1 aromatic carbocycles. The molecule has 0 fully saturated rings. The minimum absolute atomic E-state index is 0.184. The van der Waals surface area contributed by atoms with Crippen LogP contribution in [0, 0.1) is 0 Å². The zero-order chi connectivity index (χ0) is 12.8. The van der Waals surface area contributed by atoms with Gasteiger partial charge in [0.05, 0.1) is 0 Å². The van der Waals surface area contributed by atoms with Crippen molar-refractivity contribution >= 4 is 5.57 Å². The first-order valence-corrected chi connectivity index (χ1v) is 6.78. The van der Waals surface area contributed by atoms with Crippen LogP contribution in [0.3, 0.4) is 0 Å². The van der Waals surface area contributed by atoms with Crippen LogP contribution in [0.5, 0.6) is 11.5 Å². The first kappa shape index (κ1) is 11.6. The van der Waals surface area contributed by atoms with Crippen molar-refractivity contribution < 1.29 is 9.84 Å². The van der Waals surface area contributed by atoms with Crippen LogP contribution in [0.15, 0.2) is 23.8 Å². The molecule has 0 bridgehead atoms. The molecular weight excluding hydrogens is 224 g/mol. The molecule has 0 unspecified atom stereocenters. The second kappa shape index (κ2) is 4.04. The maximum Gasteiger partial charge on any atom is 0.131 e. The molecule has 1 heterocycles. The second-order valence-corrected chi connectivity index (χ2v) is 6.01. The molecule has 0 saturated heterocycles. The minimum atomic E-state index is -0.184. The molecule has 1 aliphatic carbocycles.